The minimum absolute atomic E-state index is 0.101. The van der Waals surface area contributed by atoms with Crippen LogP contribution in [0.2, 0.25) is 0 Å². The molecule has 3 heterocycles. The van der Waals surface area contributed by atoms with Gasteiger partial charge in [0.15, 0.2) is 11.6 Å². The summed E-state index contributed by atoms with van der Waals surface area (Å²) in [5, 5.41) is 0. The number of hydrogen-bond donors (Lipinski definition) is 0. The monoisotopic (exact) mass is 392 g/mol. The van der Waals surface area contributed by atoms with Gasteiger partial charge in [-0.05, 0) is 43.3 Å². The van der Waals surface area contributed by atoms with Crippen molar-refractivity contribution in [1.82, 2.24) is 9.97 Å². The number of nitrogens with zero attached hydrogens (tertiary/aromatic N) is 2. The molecule has 0 spiro atoms. The van der Waals surface area contributed by atoms with Crippen molar-refractivity contribution >= 4 is 17.5 Å². The molecule has 29 heavy (non-hydrogen) atoms. The third-order valence-corrected chi connectivity index (χ3v) is 4.41. The van der Waals surface area contributed by atoms with Crippen LogP contribution in [0.5, 0.6) is 0 Å². The molecule has 3 aromatic rings. The van der Waals surface area contributed by atoms with Crippen molar-refractivity contribution in [3.63, 3.8) is 0 Å². The van der Waals surface area contributed by atoms with Gasteiger partial charge in [-0.2, -0.15) is 0 Å². The topological polar surface area (TPSA) is 99.4 Å². The molecule has 0 radical (unpaired) electrons. The first-order valence-corrected chi connectivity index (χ1v) is 9.21. The first kappa shape index (κ1) is 20.1. The van der Waals surface area contributed by atoms with Crippen LogP contribution in [0.4, 0.5) is 0 Å². The van der Waals surface area contributed by atoms with Gasteiger partial charge in [0.25, 0.3) is 0 Å². The number of pyridine rings is 2. The molecule has 3 aromatic heterocycles. The van der Waals surface area contributed by atoms with Crippen LogP contribution in [0.25, 0.3) is 0 Å². The van der Waals surface area contributed by atoms with E-state index in [1.807, 2.05) is 0 Å². The molecule has 0 bridgehead atoms. The summed E-state index contributed by atoms with van der Waals surface area (Å²) in [6.07, 6.45) is 4.26. The van der Waals surface area contributed by atoms with Crippen LogP contribution < -0.4 is 0 Å². The summed E-state index contributed by atoms with van der Waals surface area (Å²) in [5.74, 6) is -3.35. The van der Waals surface area contributed by atoms with E-state index in [-0.39, 0.29) is 30.2 Å². The van der Waals surface area contributed by atoms with Crippen LogP contribution in [0.1, 0.15) is 46.0 Å². The van der Waals surface area contributed by atoms with Crippen LogP contribution in [0, 0.1) is 5.92 Å². The molecule has 2 unspecified atom stereocenters. The standard InChI is InChI=1S/C22H20N2O5/c1-2-28-22(27)20(21(26)17-9-4-6-12-24-17)15(19-10-7-13-29-19)14-18(25)16-8-3-5-11-23-16/h3-13,15,20H,2,14H2,1H3. The molecule has 148 valence electrons. The maximum absolute atomic E-state index is 13.2. The van der Waals surface area contributed by atoms with Gasteiger partial charge in [0.1, 0.15) is 23.1 Å². The Balaban J connectivity index is 2.00. The van der Waals surface area contributed by atoms with Crippen LogP contribution in [-0.4, -0.2) is 34.1 Å². The molecule has 2 atom stereocenters. The fourth-order valence-corrected chi connectivity index (χ4v) is 3.07. The van der Waals surface area contributed by atoms with E-state index in [1.165, 1.54) is 24.7 Å². The van der Waals surface area contributed by atoms with Crippen molar-refractivity contribution in [1.29, 1.82) is 0 Å². The average molecular weight is 392 g/mol. The Morgan fingerprint density at radius 1 is 0.966 bits per heavy atom. The van der Waals surface area contributed by atoms with Crippen molar-refractivity contribution in [3.8, 4) is 0 Å². The van der Waals surface area contributed by atoms with Crippen molar-refractivity contribution in [2.24, 2.45) is 5.92 Å². The predicted molar refractivity (Wildman–Crippen MR) is 103 cm³/mol. The fourth-order valence-electron chi connectivity index (χ4n) is 3.07. The van der Waals surface area contributed by atoms with E-state index in [0.29, 0.717) is 5.76 Å². The lowest BCUT2D eigenvalue weighted by atomic mass is 9.81. The summed E-state index contributed by atoms with van der Waals surface area (Å²) in [7, 11) is 0. The zero-order chi connectivity index (χ0) is 20.6. The van der Waals surface area contributed by atoms with Gasteiger partial charge < -0.3 is 9.15 Å². The lowest BCUT2D eigenvalue weighted by Crippen LogP contribution is -2.33. The maximum atomic E-state index is 13.2. The van der Waals surface area contributed by atoms with E-state index in [9.17, 15) is 14.4 Å². The molecule has 0 saturated carbocycles. The van der Waals surface area contributed by atoms with Gasteiger partial charge in [0, 0.05) is 24.7 Å². The highest BCUT2D eigenvalue weighted by atomic mass is 16.5. The Hall–Kier alpha value is -3.61. The number of ketones is 2. The third-order valence-electron chi connectivity index (χ3n) is 4.41. The van der Waals surface area contributed by atoms with E-state index in [1.54, 1.807) is 49.4 Å². The van der Waals surface area contributed by atoms with Gasteiger partial charge in [-0.15, -0.1) is 0 Å². The second-order valence-corrected chi connectivity index (χ2v) is 6.27. The number of esters is 1. The summed E-state index contributed by atoms with van der Waals surface area (Å²) < 4.78 is 10.6. The molecule has 7 nitrogen and oxygen atoms in total. The highest BCUT2D eigenvalue weighted by Gasteiger charge is 2.40. The molecule has 0 aliphatic rings. The lowest BCUT2D eigenvalue weighted by Gasteiger charge is -2.22. The molecular formula is C22H20N2O5. The summed E-state index contributed by atoms with van der Waals surface area (Å²) in [5.41, 5.74) is 0.365. The average Bonchev–Trinajstić information content (AvgIpc) is 3.29. The van der Waals surface area contributed by atoms with Gasteiger partial charge >= 0.3 is 5.97 Å². The van der Waals surface area contributed by atoms with Crippen LogP contribution in [0.15, 0.2) is 71.6 Å². The van der Waals surface area contributed by atoms with Crippen molar-refractivity contribution in [2.75, 3.05) is 6.61 Å². The molecular weight excluding hydrogens is 372 g/mol. The molecule has 0 aliphatic carbocycles. The molecule has 0 N–H and O–H groups in total. The molecule has 0 saturated heterocycles. The largest absolute Gasteiger partial charge is 0.469 e. The summed E-state index contributed by atoms with van der Waals surface area (Å²) in [4.78, 5) is 46.9. The Labute approximate surface area is 167 Å². The van der Waals surface area contributed by atoms with Crippen molar-refractivity contribution < 1.29 is 23.5 Å². The summed E-state index contributed by atoms with van der Waals surface area (Å²) in [6, 6.07) is 13.1. The van der Waals surface area contributed by atoms with Gasteiger partial charge in [-0.1, -0.05) is 12.1 Å². The SMILES string of the molecule is CCOC(=O)C(C(=O)c1ccccn1)C(CC(=O)c1ccccn1)c1ccco1. The van der Waals surface area contributed by atoms with Crippen LogP contribution in [-0.2, 0) is 9.53 Å². The second kappa shape index (κ2) is 9.54. The van der Waals surface area contributed by atoms with E-state index in [0.717, 1.165) is 0 Å². The summed E-state index contributed by atoms with van der Waals surface area (Å²) in [6.45, 7) is 1.75. The fraction of sp³-hybridized carbons (Fsp3) is 0.227. The first-order valence-electron chi connectivity index (χ1n) is 9.21. The highest BCUT2D eigenvalue weighted by molar-refractivity contribution is 6.09. The molecule has 0 aliphatic heterocycles. The van der Waals surface area contributed by atoms with E-state index < -0.39 is 23.6 Å². The van der Waals surface area contributed by atoms with Gasteiger partial charge in [0.2, 0.25) is 0 Å². The van der Waals surface area contributed by atoms with Crippen molar-refractivity contribution in [3.05, 3.63) is 84.3 Å². The Morgan fingerprint density at radius 2 is 1.66 bits per heavy atom. The summed E-state index contributed by atoms with van der Waals surface area (Å²) >= 11 is 0. The quantitative estimate of drug-likeness (QED) is 0.312. The van der Waals surface area contributed by atoms with Gasteiger partial charge in [-0.25, -0.2) is 0 Å². The number of carbonyl (C=O) groups is 3. The normalized spacial score (nSPS) is 12.7. The molecule has 3 rings (SSSR count). The molecule has 0 aromatic carbocycles. The maximum Gasteiger partial charge on any atom is 0.317 e. The third kappa shape index (κ3) is 4.82. The minimum atomic E-state index is -1.27. The Kier molecular flexibility index (Phi) is 6.63. The second-order valence-electron chi connectivity index (χ2n) is 6.27. The van der Waals surface area contributed by atoms with E-state index in [4.69, 9.17) is 9.15 Å². The smallest absolute Gasteiger partial charge is 0.317 e. The Bertz CT molecular complexity index is 955. The first-order chi connectivity index (χ1) is 14.1. The number of furan rings is 1. The lowest BCUT2D eigenvalue weighted by molar-refractivity contribution is -0.147. The number of Topliss-reactive ketones (excluding diaryl/α,β-unsaturated/α-hetero) is 2. The molecule has 0 fully saturated rings. The van der Waals surface area contributed by atoms with E-state index in [2.05, 4.69) is 9.97 Å². The number of aromatic nitrogens is 2. The van der Waals surface area contributed by atoms with Crippen LogP contribution in [0.3, 0.4) is 0 Å². The number of ether oxygens (including phenoxy) is 1. The Morgan fingerprint density at radius 3 is 2.21 bits per heavy atom. The van der Waals surface area contributed by atoms with Gasteiger partial charge in [0.05, 0.1) is 12.9 Å². The zero-order valence-corrected chi connectivity index (χ0v) is 15.9. The van der Waals surface area contributed by atoms with Crippen LogP contribution >= 0.6 is 0 Å². The number of carbonyl (C=O) groups excluding carboxylic acids is 3. The van der Waals surface area contributed by atoms with E-state index >= 15 is 0 Å². The van der Waals surface area contributed by atoms with Gasteiger partial charge in [-0.3, -0.25) is 24.4 Å². The molecule has 0 amide bonds. The highest BCUT2D eigenvalue weighted by Crippen LogP contribution is 2.33. The molecule has 7 heteroatoms. The van der Waals surface area contributed by atoms with Crippen molar-refractivity contribution in [2.45, 2.75) is 19.3 Å². The predicted octanol–water partition coefficient (Wildman–Crippen LogP) is 3.49. The minimum Gasteiger partial charge on any atom is -0.469 e. The number of rotatable bonds is 9. The number of hydrogen-bond acceptors (Lipinski definition) is 7. The zero-order valence-electron chi connectivity index (χ0n) is 15.9.